The first kappa shape index (κ1) is 24.1. The van der Waals surface area contributed by atoms with Crippen molar-refractivity contribution in [2.75, 3.05) is 13.1 Å². The van der Waals surface area contributed by atoms with Crippen LogP contribution in [0.15, 0.2) is 0 Å². The molecule has 2 fully saturated rings. The predicted molar refractivity (Wildman–Crippen MR) is 127 cm³/mol. The number of urea groups is 1. The van der Waals surface area contributed by atoms with Gasteiger partial charge in [-0.25, -0.2) is 10.2 Å². The molecule has 6 atom stereocenters. The molecule has 3 amide bonds. The summed E-state index contributed by atoms with van der Waals surface area (Å²) >= 11 is 4.67. The van der Waals surface area contributed by atoms with Crippen molar-refractivity contribution in [3.63, 3.8) is 0 Å². The molecule has 0 aromatic carbocycles. The van der Waals surface area contributed by atoms with E-state index in [1.54, 1.807) is 4.90 Å². The quantitative estimate of drug-likeness (QED) is 0.273. The molecule has 6 unspecified atom stereocenters. The topological polar surface area (TPSA) is 81.8 Å². The first-order valence-corrected chi connectivity index (χ1v) is 12.6. The number of nitrogens with one attached hydrogen (secondary N) is 2. The van der Waals surface area contributed by atoms with Crippen LogP contribution in [0, 0.1) is 5.92 Å². The second-order valence-electron chi connectivity index (χ2n) is 7.94. The van der Waals surface area contributed by atoms with Crippen molar-refractivity contribution in [3.8, 4) is 0 Å². The first-order valence-electron chi connectivity index (χ1n) is 10.1. The number of amides is 3. The molecular formula is C19H32I2N4O3. The Bertz CT molecular complexity index is 592. The Morgan fingerprint density at radius 3 is 2.18 bits per heavy atom. The van der Waals surface area contributed by atoms with E-state index in [9.17, 15) is 14.4 Å². The van der Waals surface area contributed by atoms with E-state index in [1.165, 1.54) is 0 Å². The molecule has 0 spiro atoms. The van der Waals surface area contributed by atoms with Gasteiger partial charge in [-0.15, -0.1) is 0 Å². The van der Waals surface area contributed by atoms with Gasteiger partial charge in [0, 0.05) is 32.9 Å². The van der Waals surface area contributed by atoms with Crippen LogP contribution in [-0.4, -0.2) is 66.6 Å². The fourth-order valence-corrected chi connectivity index (χ4v) is 5.71. The molecule has 0 saturated carbocycles. The van der Waals surface area contributed by atoms with Crippen LogP contribution in [0.25, 0.3) is 0 Å². The molecule has 28 heavy (non-hydrogen) atoms. The first-order chi connectivity index (χ1) is 13.2. The van der Waals surface area contributed by atoms with Gasteiger partial charge in [-0.3, -0.25) is 19.9 Å². The Balaban J connectivity index is 1.96. The molecule has 7 nitrogen and oxygen atoms in total. The lowest BCUT2D eigenvalue weighted by molar-refractivity contribution is -0.126. The van der Waals surface area contributed by atoms with Crippen molar-refractivity contribution in [2.45, 2.75) is 79.4 Å². The predicted octanol–water partition coefficient (Wildman–Crippen LogP) is 2.90. The number of hydrazine groups is 1. The molecule has 2 saturated heterocycles. The number of Topliss-reactive ketones (excluding diaryl/α,β-unsaturated/α-hetero) is 1. The van der Waals surface area contributed by atoms with Gasteiger partial charge in [-0.1, -0.05) is 66.0 Å². The van der Waals surface area contributed by atoms with E-state index < -0.39 is 12.1 Å². The number of ketones is 1. The zero-order chi connectivity index (χ0) is 21.0. The van der Waals surface area contributed by atoms with Crippen molar-refractivity contribution < 1.29 is 14.4 Å². The third kappa shape index (κ3) is 5.71. The molecule has 0 aliphatic carbocycles. The highest BCUT2D eigenvalue weighted by molar-refractivity contribution is 14.1. The Kier molecular flexibility index (Phi) is 9.24. The van der Waals surface area contributed by atoms with Crippen molar-refractivity contribution in [1.82, 2.24) is 20.7 Å². The van der Waals surface area contributed by atoms with Crippen LogP contribution in [0.5, 0.6) is 0 Å². The van der Waals surface area contributed by atoms with Gasteiger partial charge in [0.15, 0.2) is 5.78 Å². The van der Waals surface area contributed by atoms with Crippen molar-refractivity contribution in [3.05, 3.63) is 0 Å². The number of nitrogens with zero attached hydrogens (tertiary/aromatic N) is 2. The lowest BCUT2D eigenvalue weighted by Gasteiger charge is -2.30. The number of hydrogen-bond donors (Lipinski definition) is 2. The van der Waals surface area contributed by atoms with Gasteiger partial charge >= 0.3 is 6.03 Å². The average molecular weight is 618 g/mol. The third-order valence-electron chi connectivity index (χ3n) is 5.98. The number of alkyl halides is 2. The molecule has 9 heteroatoms. The molecule has 2 aliphatic rings. The lowest BCUT2D eigenvalue weighted by atomic mass is 9.96. The monoisotopic (exact) mass is 618 g/mol. The second-order valence-corrected chi connectivity index (χ2v) is 11.5. The minimum absolute atomic E-state index is 0.0697. The second kappa shape index (κ2) is 10.7. The summed E-state index contributed by atoms with van der Waals surface area (Å²) in [5, 5.41) is 0. The van der Waals surface area contributed by atoms with E-state index in [4.69, 9.17) is 0 Å². The van der Waals surface area contributed by atoms with Gasteiger partial charge in [0.1, 0.15) is 0 Å². The minimum atomic E-state index is -0.407. The van der Waals surface area contributed by atoms with Crippen LogP contribution in [0.2, 0.25) is 0 Å². The number of carbonyl (C=O) groups is 3. The summed E-state index contributed by atoms with van der Waals surface area (Å²) in [7, 11) is 0. The van der Waals surface area contributed by atoms with Crippen LogP contribution >= 0.6 is 45.2 Å². The van der Waals surface area contributed by atoms with Crippen molar-refractivity contribution in [2.24, 2.45) is 5.92 Å². The maximum atomic E-state index is 12.7. The number of likely N-dealkylation sites (tertiary alicyclic amines) is 2. The summed E-state index contributed by atoms with van der Waals surface area (Å²) in [6.07, 6.45) is 3.19. The Hall–Kier alpha value is -0.170. The van der Waals surface area contributed by atoms with Gasteiger partial charge in [0.2, 0.25) is 0 Å². The average Bonchev–Trinajstić information content (AvgIpc) is 3.26. The van der Waals surface area contributed by atoms with Gasteiger partial charge in [0.25, 0.3) is 5.91 Å². The van der Waals surface area contributed by atoms with Gasteiger partial charge < -0.3 is 4.90 Å². The molecule has 160 valence electrons. The third-order valence-corrected chi connectivity index (χ3v) is 7.78. The van der Waals surface area contributed by atoms with E-state index in [1.807, 2.05) is 13.8 Å². The van der Waals surface area contributed by atoms with E-state index >= 15 is 0 Å². The molecule has 0 bridgehead atoms. The molecule has 2 N–H and O–H groups in total. The Morgan fingerprint density at radius 2 is 1.57 bits per heavy atom. The zero-order valence-electron chi connectivity index (χ0n) is 17.1. The number of carbonyl (C=O) groups excluding carboxylic acids is 3. The van der Waals surface area contributed by atoms with E-state index in [2.05, 4.69) is 74.8 Å². The summed E-state index contributed by atoms with van der Waals surface area (Å²) in [4.78, 5) is 41.9. The largest absolute Gasteiger partial charge is 0.336 e. The van der Waals surface area contributed by atoms with E-state index in [-0.39, 0.29) is 27.6 Å². The minimum Gasteiger partial charge on any atom is -0.312 e. The van der Waals surface area contributed by atoms with Gasteiger partial charge in [-0.2, -0.15) is 0 Å². The van der Waals surface area contributed by atoms with Crippen LogP contribution in [0.3, 0.4) is 0 Å². The molecule has 0 aromatic rings. The van der Waals surface area contributed by atoms with E-state index in [0.29, 0.717) is 22.9 Å². The number of rotatable bonds is 6. The molecule has 2 rings (SSSR count). The maximum absolute atomic E-state index is 12.7. The molecule has 0 radical (unpaired) electrons. The van der Waals surface area contributed by atoms with Gasteiger partial charge in [0.05, 0.1) is 12.1 Å². The van der Waals surface area contributed by atoms with Crippen LogP contribution in [0.1, 0.15) is 53.4 Å². The zero-order valence-corrected chi connectivity index (χ0v) is 21.4. The fourth-order valence-electron chi connectivity index (χ4n) is 3.87. The van der Waals surface area contributed by atoms with Crippen molar-refractivity contribution >= 4 is 62.9 Å². The molecular weight excluding hydrogens is 586 g/mol. The standard InChI is InChI=1S/C19H32I2N4O3/c1-5-11(3)17(26)15-7-13(20)10-25(15)19(28)23-22-18(27)16-8-14(21)9-24(16)12(4)6-2/h11-16H,5-10H2,1-4H3,(H,22,27)(H,23,28). The van der Waals surface area contributed by atoms with E-state index in [0.717, 1.165) is 25.8 Å². The Morgan fingerprint density at radius 1 is 0.964 bits per heavy atom. The molecule has 2 heterocycles. The summed E-state index contributed by atoms with van der Waals surface area (Å²) in [5.41, 5.74) is 5.17. The van der Waals surface area contributed by atoms with Gasteiger partial charge in [-0.05, 0) is 32.6 Å². The maximum Gasteiger partial charge on any atom is 0.336 e. The smallest absolute Gasteiger partial charge is 0.312 e. The van der Waals surface area contributed by atoms with Crippen LogP contribution in [-0.2, 0) is 9.59 Å². The van der Waals surface area contributed by atoms with Crippen molar-refractivity contribution in [1.29, 1.82) is 0 Å². The van der Waals surface area contributed by atoms with Crippen LogP contribution in [0.4, 0.5) is 4.79 Å². The highest BCUT2D eigenvalue weighted by Gasteiger charge is 2.41. The molecule has 0 aromatic heterocycles. The number of hydrogen-bond acceptors (Lipinski definition) is 4. The number of halogens is 2. The SMILES string of the molecule is CCC(C)C(=O)C1CC(I)CN1C(=O)NNC(=O)C1CC(I)CN1C(C)CC. The Labute approximate surface area is 195 Å². The summed E-state index contributed by atoms with van der Waals surface area (Å²) < 4.78 is 0.668. The lowest BCUT2D eigenvalue weighted by Crippen LogP contribution is -2.56. The van der Waals surface area contributed by atoms with Crippen LogP contribution < -0.4 is 10.9 Å². The summed E-state index contributed by atoms with van der Waals surface area (Å²) in [5.74, 6) is -0.141. The normalized spacial score (nSPS) is 30.1. The summed E-state index contributed by atoms with van der Waals surface area (Å²) in [6.45, 7) is 9.54. The highest BCUT2D eigenvalue weighted by Crippen LogP contribution is 2.28. The highest BCUT2D eigenvalue weighted by atomic mass is 127. The molecule has 2 aliphatic heterocycles. The fraction of sp³-hybridized carbons (Fsp3) is 0.842. The summed E-state index contributed by atoms with van der Waals surface area (Å²) in [6, 6.07) is -0.712.